The van der Waals surface area contributed by atoms with Gasteiger partial charge in [0.1, 0.15) is 12.3 Å². The molecule has 4 rings (SSSR count). The van der Waals surface area contributed by atoms with Crippen molar-refractivity contribution in [1.82, 2.24) is 0 Å². The zero-order chi connectivity index (χ0) is 26.9. The number of hydrazone groups is 1. The molecule has 0 atom stereocenters. The number of rotatable bonds is 7. The van der Waals surface area contributed by atoms with Gasteiger partial charge in [0.15, 0.2) is 34.8 Å². The van der Waals surface area contributed by atoms with Gasteiger partial charge < -0.3 is 9.47 Å². The van der Waals surface area contributed by atoms with Gasteiger partial charge in [-0.1, -0.05) is 30.3 Å². The van der Waals surface area contributed by atoms with Crippen LogP contribution in [-0.4, -0.2) is 18.2 Å². The molecule has 0 radical (unpaired) electrons. The van der Waals surface area contributed by atoms with E-state index in [1.54, 1.807) is 19.1 Å². The van der Waals surface area contributed by atoms with Crippen LogP contribution in [0.4, 0.5) is 27.6 Å². The third-order valence-electron chi connectivity index (χ3n) is 5.33. The molecule has 0 aromatic heterocycles. The molecule has 1 amide bonds. The van der Waals surface area contributed by atoms with Crippen LogP contribution in [0.2, 0.25) is 0 Å². The fourth-order valence-corrected chi connectivity index (χ4v) is 4.16. The van der Waals surface area contributed by atoms with Gasteiger partial charge in [-0.15, -0.1) is 0 Å². The van der Waals surface area contributed by atoms with Crippen LogP contribution in [-0.2, 0) is 11.4 Å². The molecule has 0 unspecified atom stereocenters. The first-order valence-electron chi connectivity index (χ1n) is 10.9. The van der Waals surface area contributed by atoms with Crippen LogP contribution in [0.15, 0.2) is 57.6 Å². The fraction of sp³-hybridized carbons (Fsp3) is 0.154. The molecule has 0 aliphatic carbocycles. The smallest absolute Gasteiger partial charge is 0.280 e. The topological polar surface area (TPSA) is 51.1 Å². The molecule has 0 saturated heterocycles. The molecule has 0 saturated carbocycles. The van der Waals surface area contributed by atoms with Crippen LogP contribution in [0.5, 0.6) is 11.5 Å². The molecule has 1 heterocycles. The lowest BCUT2D eigenvalue weighted by molar-refractivity contribution is -0.114. The van der Waals surface area contributed by atoms with Crippen LogP contribution in [0.3, 0.4) is 0 Å². The summed E-state index contributed by atoms with van der Waals surface area (Å²) in [4.78, 5) is 13.0. The highest BCUT2D eigenvalue weighted by Gasteiger charge is 2.37. The number of halogens is 6. The average molecular weight is 581 g/mol. The Hall–Kier alpha value is -3.73. The van der Waals surface area contributed by atoms with Gasteiger partial charge in [0.25, 0.3) is 5.91 Å². The third-order valence-corrected chi connectivity index (χ3v) is 5.92. The number of carbonyl (C=O) groups is 1. The Balaban J connectivity index is 1.68. The average Bonchev–Trinajstić information content (AvgIpc) is 3.15. The summed E-state index contributed by atoms with van der Waals surface area (Å²) in [5.74, 6) is -11.3. The molecule has 3 aromatic rings. The van der Waals surface area contributed by atoms with E-state index in [1.807, 2.05) is 30.3 Å². The number of anilines is 1. The van der Waals surface area contributed by atoms with Gasteiger partial charge in [-0.2, -0.15) is 10.1 Å². The molecule has 0 bridgehead atoms. The third kappa shape index (κ3) is 5.08. The number of carbonyl (C=O) groups excluding carboxylic acids is 1. The zero-order valence-electron chi connectivity index (χ0n) is 19.4. The zero-order valence-corrected chi connectivity index (χ0v) is 21.0. The maximum Gasteiger partial charge on any atom is 0.280 e. The van der Waals surface area contributed by atoms with Gasteiger partial charge >= 0.3 is 0 Å². The summed E-state index contributed by atoms with van der Waals surface area (Å²) in [5.41, 5.74) is -0.201. The van der Waals surface area contributed by atoms with E-state index in [9.17, 15) is 26.7 Å². The van der Waals surface area contributed by atoms with E-state index in [-0.39, 0.29) is 22.9 Å². The number of hydrogen-bond acceptors (Lipinski definition) is 4. The van der Waals surface area contributed by atoms with E-state index in [4.69, 9.17) is 9.47 Å². The van der Waals surface area contributed by atoms with Gasteiger partial charge in [0, 0.05) is 0 Å². The van der Waals surface area contributed by atoms with E-state index in [0.29, 0.717) is 28.1 Å². The molecule has 1 aliphatic heterocycles. The Morgan fingerprint density at radius 1 is 0.946 bits per heavy atom. The fourth-order valence-electron chi connectivity index (χ4n) is 3.59. The summed E-state index contributed by atoms with van der Waals surface area (Å²) in [5, 5.41) is 3.90. The molecule has 192 valence electrons. The van der Waals surface area contributed by atoms with Crippen molar-refractivity contribution in [1.29, 1.82) is 0 Å². The highest BCUT2D eigenvalue weighted by Crippen LogP contribution is 2.39. The van der Waals surface area contributed by atoms with Gasteiger partial charge in [-0.05, 0) is 59.1 Å². The van der Waals surface area contributed by atoms with Crippen molar-refractivity contribution in [2.45, 2.75) is 20.5 Å². The van der Waals surface area contributed by atoms with Crippen molar-refractivity contribution < 1.29 is 36.2 Å². The number of ether oxygens (including phenoxy) is 2. The summed E-state index contributed by atoms with van der Waals surface area (Å²) in [6, 6.07) is 12.7. The molecule has 3 aromatic carbocycles. The van der Waals surface area contributed by atoms with Crippen LogP contribution in [0, 0.1) is 29.1 Å². The lowest BCUT2D eigenvalue weighted by Crippen LogP contribution is -2.25. The minimum atomic E-state index is -2.33. The van der Waals surface area contributed by atoms with Crippen LogP contribution >= 0.6 is 15.9 Å². The molecule has 0 fully saturated rings. The maximum atomic E-state index is 14.3. The van der Waals surface area contributed by atoms with Crippen LogP contribution in [0.1, 0.15) is 25.0 Å². The van der Waals surface area contributed by atoms with Crippen molar-refractivity contribution in [3.05, 3.63) is 92.7 Å². The highest BCUT2D eigenvalue weighted by molar-refractivity contribution is 9.10. The quantitative estimate of drug-likeness (QED) is 0.132. The normalized spacial score (nSPS) is 14.4. The van der Waals surface area contributed by atoms with E-state index in [2.05, 4.69) is 21.0 Å². The first-order valence-corrected chi connectivity index (χ1v) is 11.7. The van der Waals surface area contributed by atoms with Crippen molar-refractivity contribution in [3.8, 4) is 11.5 Å². The van der Waals surface area contributed by atoms with Gasteiger partial charge in [0.2, 0.25) is 5.82 Å². The minimum absolute atomic E-state index is 0.00688. The Labute approximate surface area is 216 Å². The Bertz CT molecular complexity index is 1420. The Morgan fingerprint density at radius 2 is 1.57 bits per heavy atom. The highest BCUT2D eigenvalue weighted by atomic mass is 79.9. The minimum Gasteiger partial charge on any atom is -0.490 e. The Morgan fingerprint density at radius 3 is 2.19 bits per heavy atom. The molecular weight excluding hydrogens is 563 g/mol. The van der Waals surface area contributed by atoms with E-state index >= 15 is 0 Å². The Kier molecular flexibility index (Phi) is 7.63. The van der Waals surface area contributed by atoms with Crippen molar-refractivity contribution >= 4 is 39.3 Å². The summed E-state index contributed by atoms with van der Waals surface area (Å²) in [7, 11) is 0. The largest absolute Gasteiger partial charge is 0.490 e. The first kappa shape index (κ1) is 26.3. The lowest BCUT2D eigenvalue weighted by Gasteiger charge is -2.16. The number of benzene rings is 3. The SMILES string of the molecule is CCOc1cc(/C=C2/C(=O)N(c3c(F)c(F)c(F)c(F)c3F)N=C2C)cc(Br)c1OCc1ccccc1. The van der Waals surface area contributed by atoms with E-state index < -0.39 is 40.7 Å². The predicted molar refractivity (Wildman–Crippen MR) is 131 cm³/mol. The van der Waals surface area contributed by atoms with Crippen molar-refractivity contribution in [3.63, 3.8) is 0 Å². The van der Waals surface area contributed by atoms with Gasteiger partial charge in [-0.25, -0.2) is 22.0 Å². The summed E-state index contributed by atoms with van der Waals surface area (Å²) in [6.07, 6.45) is 1.36. The molecule has 5 nitrogen and oxygen atoms in total. The molecule has 1 aliphatic rings. The predicted octanol–water partition coefficient (Wildman–Crippen LogP) is 6.93. The number of amides is 1. The molecule has 0 spiro atoms. The molecule has 37 heavy (non-hydrogen) atoms. The lowest BCUT2D eigenvalue weighted by atomic mass is 10.1. The number of hydrogen-bond donors (Lipinski definition) is 0. The molecule has 11 heteroatoms. The second-order valence-electron chi connectivity index (χ2n) is 7.82. The summed E-state index contributed by atoms with van der Waals surface area (Å²) in [6.45, 7) is 3.72. The maximum absolute atomic E-state index is 14.3. The van der Waals surface area contributed by atoms with Gasteiger partial charge in [-0.3, -0.25) is 4.79 Å². The van der Waals surface area contributed by atoms with Crippen LogP contribution < -0.4 is 14.5 Å². The molecule has 0 N–H and O–H groups in total. The van der Waals surface area contributed by atoms with Crippen molar-refractivity contribution in [2.24, 2.45) is 5.10 Å². The van der Waals surface area contributed by atoms with Gasteiger partial charge in [0.05, 0.1) is 22.4 Å². The second kappa shape index (κ2) is 10.7. The standard InChI is InChI=1S/C26H18BrF5N2O3/c1-3-36-18-11-15(10-17(27)25(18)37-12-14-7-5-4-6-8-14)9-16-13(2)33-34(26(16)35)24-22(31)20(29)19(28)21(30)23(24)32/h4-11H,3,12H2,1-2H3/b16-9+. The summed E-state index contributed by atoms with van der Waals surface area (Å²) >= 11 is 3.43. The second-order valence-corrected chi connectivity index (χ2v) is 8.67. The van der Waals surface area contributed by atoms with Crippen LogP contribution in [0.25, 0.3) is 6.08 Å². The first-order chi connectivity index (χ1) is 17.6. The van der Waals surface area contributed by atoms with E-state index in [0.717, 1.165) is 5.56 Å². The van der Waals surface area contributed by atoms with Crippen molar-refractivity contribution in [2.75, 3.05) is 11.6 Å². The van der Waals surface area contributed by atoms with E-state index in [1.165, 1.54) is 13.0 Å². The summed E-state index contributed by atoms with van der Waals surface area (Å²) < 4.78 is 81.6. The number of nitrogens with zero attached hydrogens (tertiary/aromatic N) is 2. The molecular formula is C26H18BrF5N2O3. The monoisotopic (exact) mass is 580 g/mol.